The Kier molecular flexibility index (Phi) is 3.77. The molecule has 92 valence electrons. The van der Waals surface area contributed by atoms with Gasteiger partial charge in [-0.3, -0.25) is 4.79 Å². The fraction of sp³-hybridized carbons (Fsp3) is 0.500. The molecule has 0 heterocycles. The number of benzene rings is 1. The van der Waals surface area contributed by atoms with Gasteiger partial charge in [-0.1, -0.05) is 25.1 Å². The number of carbonyl (C=O) groups excluding carboxylic acids is 1. The van der Waals surface area contributed by atoms with Crippen molar-refractivity contribution in [2.75, 3.05) is 0 Å². The first-order chi connectivity index (χ1) is 8.15. The number of carbonyl (C=O) groups is 1. The Morgan fingerprint density at radius 3 is 2.59 bits per heavy atom. The second-order valence-corrected chi connectivity index (χ2v) is 4.95. The molecule has 1 aliphatic rings. The van der Waals surface area contributed by atoms with E-state index in [4.69, 9.17) is 0 Å². The maximum absolute atomic E-state index is 13.4. The molecule has 2 nitrogen and oxygen atoms in total. The summed E-state index contributed by atoms with van der Waals surface area (Å²) in [5.74, 6) is 0.247. The Labute approximate surface area is 101 Å². The van der Waals surface area contributed by atoms with Crippen LogP contribution in [0.5, 0.6) is 0 Å². The highest BCUT2D eigenvalue weighted by atomic mass is 19.1. The fourth-order valence-corrected chi connectivity index (χ4v) is 2.50. The molecule has 0 aromatic heterocycles. The third-order valence-electron chi connectivity index (χ3n) is 3.26. The van der Waals surface area contributed by atoms with Crippen LogP contribution in [0.1, 0.15) is 36.5 Å². The average molecular weight is 235 g/mol. The summed E-state index contributed by atoms with van der Waals surface area (Å²) in [4.78, 5) is 11.9. The van der Waals surface area contributed by atoms with E-state index < -0.39 is 6.17 Å². The monoisotopic (exact) mass is 235 g/mol. The number of rotatable bonds is 2. The van der Waals surface area contributed by atoms with Crippen molar-refractivity contribution in [3.63, 3.8) is 0 Å². The Morgan fingerprint density at radius 1 is 1.24 bits per heavy atom. The Balaban J connectivity index is 1.95. The van der Waals surface area contributed by atoms with Gasteiger partial charge < -0.3 is 5.32 Å². The highest BCUT2D eigenvalue weighted by Crippen LogP contribution is 2.26. The third kappa shape index (κ3) is 3.29. The van der Waals surface area contributed by atoms with Crippen molar-refractivity contribution in [2.24, 2.45) is 5.92 Å². The van der Waals surface area contributed by atoms with Crippen LogP contribution in [0.15, 0.2) is 30.3 Å². The molecule has 1 amide bonds. The van der Waals surface area contributed by atoms with Crippen LogP contribution in [0.25, 0.3) is 0 Å². The predicted octanol–water partition coefficient (Wildman–Crippen LogP) is 2.94. The Bertz CT molecular complexity index is 369. The number of hydrogen-bond acceptors (Lipinski definition) is 1. The summed E-state index contributed by atoms with van der Waals surface area (Å²) < 4.78 is 13.4. The van der Waals surface area contributed by atoms with Gasteiger partial charge in [-0.05, 0) is 37.3 Å². The molecular weight excluding hydrogens is 217 g/mol. The Hall–Kier alpha value is -1.38. The van der Waals surface area contributed by atoms with Crippen LogP contribution >= 0.6 is 0 Å². The van der Waals surface area contributed by atoms with Crippen molar-refractivity contribution in [3.05, 3.63) is 35.9 Å². The molecule has 3 atom stereocenters. The zero-order valence-corrected chi connectivity index (χ0v) is 10.0. The van der Waals surface area contributed by atoms with Gasteiger partial charge in [0.05, 0.1) is 0 Å². The quantitative estimate of drug-likeness (QED) is 0.839. The second kappa shape index (κ2) is 5.30. The van der Waals surface area contributed by atoms with Crippen molar-refractivity contribution in [2.45, 2.75) is 38.4 Å². The molecule has 0 bridgehead atoms. The zero-order chi connectivity index (χ0) is 12.3. The molecule has 17 heavy (non-hydrogen) atoms. The smallest absolute Gasteiger partial charge is 0.251 e. The van der Waals surface area contributed by atoms with Crippen LogP contribution in [-0.2, 0) is 0 Å². The van der Waals surface area contributed by atoms with E-state index in [-0.39, 0.29) is 11.9 Å². The van der Waals surface area contributed by atoms with Gasteiger partial charge in [0.15, 0.2) is 0 Å². The van der Waals surface area contributed by atoms with Crippen LogP contribution in [0.2, 0.25) is 0 Å². The molecular formula is C14H18FNO. The number of amides is 1. The van der Waals surface area contributed by atoms with Crippen molar-refractivity contribution < 1.29 is 9.18 Å². The van der Waals surface area contributed by atoms with E-state index in [1.807, 2.05) is 25.1 Å². The number of alkyl halides is 1. The highest BCUT2D eigenvalue weighted by molar-refractivity contribution is 5.94. The van der Waals surface area contributed by atoms with Crippen molar-refractivity contribution in [1.82, 2.24) is 5.32 Å². The molecule has 3 heteroatoms. The summed E-state index contributed by atoms with van der Waals surface area (Å²) >= 11 is 0. The minimum Gasteiger partial charge on any atom is -0.349 e. The molecule has 0 saturated heterocycles. The van der Waals surface area contributed by atoms with Gasteiger partial charge in [0.25, 0.3) is 5.91 Å². The summed E-state index contributed by atoms with van der Waals surface area (Å²) in [5.41, 5.74) is 0.640. The zero-order valence-electron chi connectivity index (χ0n) is 10.0. The topological polar surface area (TPSA) is 29.1 Å². The molecule has 1 aliphatic carbocycles. The first kappa shape index (κ1) is 12.1. The van der Waals surface area contributed by atoms with Crippen LogP contribution in [0, 0.1) is 5.92 Å². The first-order valence-corrected chi connectivity index (χ1v) is 6.15. The van der Waals surface area contributed by atoms with Gasteiger partial charge in [-0.15, -0.1) is 0 Å². The minimum absolute atomic E-state index is 0.0264. The predicted molar refractivity (Wildman–Crippen MR) is 65.6 cm³/mol. The largest absolute Gasteiger partial charge is 0.349 e. The van der Waals surface area contributed by atoms with Crippen molar-refractivity contribution in [1.29, 1.82) is 0 Å². The second-order valence-electron chi connectivity index (χ2n) is 4.95. The summed E-state index contributed by atoms with van der Waals surface area (Å²) in [6.07, 6.45) is 1.17. The van der Waals surface area contributed by atoms with Crippen LogP contribution < -0.4 is 5.32 Å². The van der Waals surface area contributed by atoms with Gasteiger partial charge in [-0.2, -0.15) is 0 Å². The van der Waals surface area contributed by atoms with E-state index >= 15 is 0 Å². The molecule has 1 fully saturated rings. The summed E-state index contributed by atoms with van der Waals surface area (Å²) in [6.45, 7) is 2.04. The molecule has 1 saturated carbocycles. The number of nitrogens with one attached hydrogen (secondary N) is 1. The molecule has 0 radical (unpaired) electrons. The lowest BCUT2D eigenvalue weighted by molar-refractivity contribution is 0.0896. The van der Waals surface area contributed by atoms with E-state index in [0.717, 1.165) is 6.42 Å². The molecule has 3 unspecified atom stereocenters. The number of halogens is 1. The van der Waals surface area contributed by atoms with Crippen LogP contribution in [0.4, 0.5) is 4.39 Å². The lowest BCUT2D eigenvalue weighted by Gasteiger charge is -2.29. The van der Waals surface area contributed by atoms with E-state index in [0.29, 0.717) is 24.3 Å². The normalized spacial score (nSPS) is 28.7. The van der Waals surface area contributed by atoms with Gasteiger partial charge in [-0.25, -0.2) is 4.39 Å². The Morgan fingerprint density at radius 2 is 1.94 bits per heavy atom. The van der Waals surface area contributed by atoms with Gasteiger partial charge in [0, 0.05) is 11.6 Å². The summed E-state index contributed by atoms with van der Waals surface area (Å²) in [5, 5.41) is 2.92. The molecule has 1 N–H and O–H groups in total. The fourth-order valence-electron chi connectivity index (χ4n) is 2.50. The first-order valence-electron chi connectivity index (χ1n) is 6.15. The third-order valence-corrected chi connectivity index (χ3v) is 3.26. The summed E-state index contributed by atoms with van der Waals surface area (Å²) in [6, 6.07) is 9.05. The van der Waals surface area contributed by atoms with Gasteiger partial charge in [0.2, 0.25) is 0 Å². The molecule has 0 spiro atoms. The highest BCUT2D eigenvalue weighted by Gasteiger charge is 2.27. The van der Waals surface area contributed by atoms with Gasteiger partial charge in [0.1, 0.15) is 6.17 Å². The standard InChI is InChI=1S/C14H18FNO/c1-10-7-12(15)9-13(8-10)16-14(17)11-5-3-2-4-6-11/h2-6,10,12-13H,7-9H2,1H3,(H,16,17). The minimum atomic E-state index is -0.778. The summed E-state index contributed by atoms with van der Waals surface area (Å²) in [7, 11) is 0. The van der Waals surface area contributed by atoms with E-state index in [9.17, 15) is 9.18 Å². The van der Waals surface area contributed by atoms with Crippen LogP contribution in [-0.4, -0.2) is 18.1 Å². The lowest BCUT2D eigenvalue weighted by Crippen LogP contribution is -2.41. The van der Waals surface area contributed by atoms with E-state index in [2.05, 4.69) is 5.32 Å². The van der Waals surface area contributed by atoms with Gasteiger partial charge >= 0.3 is 0 Å². The van der Waals surface area contributed by atoms with Crippen molar-refractivity contribution >= 4 is 5.91 Å². The number of hydrogen-bond donors (Lipinski definition) is 1. The molecule has 1 aromatic rings. The SMILES string of the molecule is CC1CC(F)CC(NC(=O)c2ccccc2)C1. The van der Waals surface area contributed by atoms with Crippen molar-refractivity contribution in [3.8, 4) is 0 Å². The lowest BCUT2D eigenvalue weighted by atomic mass is 9.85. The maximum Gasteiger partial charge on any atom is 0.251 e. The average Bonchev–Trinajstić information content (AvgIpc) is 2.28. The van der Waals surface area contributed by atoms with Crippen LogP contribution in [0.3, 0.4) is 0 Å². The molecule has 0 aliphatic heterocycles. The van der Waals surface area contributed by atoms with E-state index in [1.165, 1.54) is 0 Å². The molecule has 1 aromatic carbocycles. The molecule has 2 rings (SSSR count). The maximum atomic E-state index is 13.4. The van der Waals surface area contributed by atoms with E-state index in [1.54, 1.807) is 12.1 Å².